The van der Waals surface area contributed by atoms with Crippen molar-refractivity contribution in [1.29, 1.82) is 0 Å². The van der Waals surface area contributed by atoms with Crippen molar-refractivity contribution in [3.05, 3.63) is 41.7 Å². The van der Waals surface area contributed by atoms with Gasteiger partial charge in [0.15, 0.2) is 5.16 Å². The van der Waals surface area contributed by atoms with E-state index in [2.05, 4.69) is 10.2 Å². The second-order valence-corrected chi connectivity index (χ2v) is 5.83. The Balaban J connectivity index is 1.83. The van der Waals surface area contributed by atoms with Crippen molar-refractivity contribution in [3.8, 4) is 0 Å². The Labute approximate surface area is 127 Å². The van der Waals surface area contributed by atoms with Crippen LogP contribution in [0.5, 0.6) is 0 Å². The van der Waals surface area contributed by atoms with Crippen LogP contribution in [0.4, 0.5) is 0 Å². The first-order valence-corrected chi connectivity index (χ1v) is 7.61. The lowest BCUT2D eigenvalue weighted by Crippen LogP contribution is -2.15. The Bertz CT molecular complexity index is 559. The first kappa shape index (κ1) is 16.0. The summed E-state index contributed by atoms with van der Waals surface area (Å²) < 4.78 is 1.78. The molecule has 0 spiro atoms. The van der Waals surface area contributed by atoms with E-state index >= 15 is 0 Å². The number of aliphatic hydroxyl groups is 3. The predicted molar refractivity (Wildman–Crippen MR) is 79.7 cm³/mol. The molecule has 0 unspecified atom stereocenters. The minimum atomic E-state index is -0.729. The van der Waals surface area contributed by atoms with E-state index in [1.165, 1.54) is 11.8 Å². The molecule has 2 aromatic rings. The van der Waals surface area contributed by atoms with Crippen molar-refractivity contribution < 1.29 is 15.3 Å². The van der Waals surface area contributed by atoms with Crippen LogP contribution in [0.3, 0.4) is 0 Å². The van der Waals surface area contributed by atoms with E-state index in [-0.39, 0.29) is 13.0 Å². The van der Waals surface area contributed by atoms with Gasteiger partial charge in [-0.05, 0) is 11.1 Å². The van der Waals surface area contributed by atoms with Crippen LogP contribution in [-0.2, 0) is 13.7 Å². The number of thioether (sulfide) groups is 1. The van der Waals surface area contributed by atoms with E-state index in [1.807, 2.05) is 7.05 Å². The fourth-order valence-electron chi connectivity index (χ4n) is 1.88. The molecule has 2 rings (SSSR count). The average molecular weight is 309 g/mol. The minimum Gasteiger partial charge on any atom is -0.392 e. The first-order chi connectivity index (χ1) is 10.1. The van der Waals surface area contributed by atoms with Crippen LogP contribution >= 0.6 is 11.8 Å². The average Bonchev–Trinajstić information content (AvgIpc) is 2.90. The number of aromatic nitrogens is 3. The molecule has 1 aromatic heterocycles. The number of nitrogens with zero attached hydrogens (tertiary/aromatic N) is 3. The summed E-state index contributed by atoms with van der Waals surface area (Å²) in [5.74, 6) is 0.443. The first-order valence-electron chi connectivity index (χ1n) is 6.62. The van der Waals surface area contributed by atoms with E-state index in [4.69, 9.17) is 5.11 Å². The third-order valence-electron chi connectivity index (χ3n) is 3.12. The maximum absolute atomic E-state index is 10.1. The second kappa shape index (κ2) is 7.56. The summed E-state index contributed by atoms with van der Waals surface area (Å²) in [6.07, 6.45) is 0.488. The summed E-state index contributed by atoms with van der Waals surface area (Å²) in [7, 11) is 1.84. The highest BCUT2D eigenvalue weighted by Crippen LogP contribution is 2.22. The molecule has 0 saturated carbocycles. The van der Waals surface area contributed by atoms with Crippen molar-refractivity contribution in [2.45, 2.75) is 30.4 Å². The highest BCUT2D eigenvalue weighted by Gasteiger charge is 2.15. The van der Waals surface area contributed by atoms with Gasteiger partial charge in [0, 0.05) is 19.2 Å². The summed E-state index contributed by atoms with van der Waals surface area (Å²) in [5, 5.41) is 37.5. The monoisotopic (exact) mass is 309 g/mol. The van der Waals surface area contributed by atoms with Crippen LogP contribution in [0.2, 0.25) is 0 Å². The zero-order valence-electron chi connectivity index (χ0n) is 11.8. The van der Waals surface area contributed by atoms with Gasteiger partial charge in [-0.25, -0.2) is 0 Å². The number of rotatable bonds is 7. The number of hydrogen-bond acceptors (Lipinski definition) is 6. The molecule has 3 N–H and O–H groups in total. The van der Waals surface area contributed by atoms with Crippen molar-refractivity contribution in [1.82, 2.24) is 14.8 Å². The molecule has 0 saturated heterocycles. The molecule has 0 aliphatic heterocycles. The second-order valence-electron chi connectivity index (χ2n) is 4.84. The Hall–Kier alpha value is -1.41. The van der Waals surface area contributed by atoms with Gasteiger partial charge in [-0.15, -0.1) is 10.2 Å². The summed E-state index contributed by atoms with van der Waals surface area (Å²) in [5.41, 5.74) is 1.53. The maximum Gasteiger partial charge on any atom is 0.190 e. The van der Waals surface area contributed by atoms with Crippen LogP contribution in [-0.4, -0.2) is 41.9 Å². The van der Waals surface area contributed by atoms with E-state index in [0.29, 0.717) is 5.75 Å². The standard InChI is InChI=1S/C14H19N3O3S/c1-17-9-15-16-14(17)21-8-12(19)6-13(20)11-4-2-10(7-18)3-5-11/h2-5,9,12-13,18-20H,6-8H2,1H3/t12-,13+/m1/s1. The predicted octanol–water partition coefficient (Wildman–Crippen LogP) is 0.884. The molecule has 6 nitrogen and oxygen atoms in total. The Morgan fingerprint density at radius 2 is 1.95 bits per heavy atom. The van der Waals surface area contributed by atoms with Crippen LogP contribution < -0.4 is 0 Å². The molecule has 0 fully saturated rings. The summed E-state index contributed by atoms with van der Waals surface area (Å²) in [6, 6.07) is 7.05. The topological polar surface area (TPSA) is 91.4 Å². The van der Waals surface area contributed by atoms with E-state index in [1.54, 1.807) is 35.2 Å². The third-order valence-corrected chi connectivity index (χ3v) is 4.30. The fourth-order valence-corrected chi connectivity index (χ4v) is 2.71. The molecule has 0 radical (unpaired) electrons. The molecule has 7 heteroatoms. The summed E-state index contributed by atoms with van der Waals surface area (Å²) in [6.45, 7) is -0.0205. The van der Waals surface area contributed by atoms with Crippen molar-refractivity contribution >= 4 is 11.8 Å². The van der Waals surface area contributed by atoms with Gasteiger partial charge < -0.3 is 19.9 Å². The van der Waals surface area contributed by atoms with Gasteiger partial charge in [0.05, 0.1) is 18.8 Å². The van der Waals surface area contributed by atoms with Gasteiger partial charge in [0.25, 0.3) is 0 Å². The Morgan fingerprint density at radius 3 is 2.52 bits per heavy atom. The molecule has 0 bridgehead atoms. The Morgan fingerprint density at radius 1 is 1.24 bits per heavy atom. The zero-order chi connectivity index (χ0) is 15.2. The lowest BCUT2D eigenvalue weighted by atomic mass is 10.0. The van der Waals surface area contributed by atoms with Crippen LogP contribution in [0.25, 0.3) is 0 Å². The molecule has 114 valence electrons. The minimum absolute atomic E-state index is 0.0205. The normalized spacial score (nSPS) is 14.1. The van der Waals surface area contributed by atoms with Crippen molar-refractivity contribution in [2.75, 3.05) is 5.75 Å². The number of hydrogen-bond donors (Lipinski definition) is 3. The molecular weight excluding hydrogens is 290 g/mol. The lowest BCUT2D eigenvalue weighted by molar-refractivity contribution is 0.0930. The number of aliphatic hydroxyl groups excluding tert-OH is 3. The molecule has 0 aliphatic rings. The van der Waals surface area contributed by atoms with Crippen molar-refractivity contribution in [2.24, 2.45) is 7.05 Å². The molecule has 21 heavy (non-hydrogen) atoms. The Kier molecular flexibility index (Phi) is 5.75. The SMILES string of the molecule is Cn1cnnc1SC[C@H](O)C[C@H](O)c1ccc(CO)cc1. The smallest absolute Gasteiger partial charge is 0.190 e. The van der Waals surface area contributed by atoms with Crippen molar-refractivity contribution in [3.63, 3.8) is 0 Å². The highest BCUT2D eigenvalue weighted by molar-refractivity contribution is 7.99. The van der Waals surface area contributed by atoms with E-state index in [9.17, 15) is 10.2 Å². The number of aryl methyl sites for hydroxylation is 1. The maximum atomic E-state index is 10.1. The largest absolute Gasteiger partial charge is 0.392 e. The van der Waals surface area contributed by atoms with E-state index < -0.39 is 12.2 Å². The fraction of sp³-hybridized carbons (Fsp3) is 0.429. The quantitative estimate of drug-likeness (QED) is 0.658. The highest BCUT2D eigenvalue weighted by atomic mass is 32.2. The molecule has 1 heterocycles. The van der Waals surface area contributed by atoms with Gasteiger partial charge in [-0.3, -0.25) is 0 Å². The van der Waals surface area contributed by atoms with Gasteiger partial charge >= 0.3 is 0 Å². The van der Waals surface area contributed by atoms with E-state index in [0.717, 1.165) is 16.3 Å². The molecule has 2 atom stereocenters. The van der Waals surface area contributed by atoms with Crippen LogP contribution in [0, 0.1) is 0 Å². The molecule has 0 aliphatic carbocycles. The molecule has 1 aromatic carbocycles. The number of benzene rings is 1. The lowest BCUT2D eigenvalue weighted by Gasteiger charge is -2.15. The molecular formula is C14H19N3O3S. The summed E-state index contributed by atoms with van der Waals surface area (Å²) >= 11 is 1.40. The van der Waals surface area contributed by atoms with Gasteiger partial charge in [0.2, 0.25) is 0 Å². The summed E-state index contributed by atoms with van der Waals surface area (Å²) in [4.78, 5) is 0. The van der Waals surface area contributed by atoms with Gasteiger partial charge in [-0.2, -0.15) is 0 Å². The van der Waals surface area contributed by atoms with Gasteiger partial charge in [0.1, 0.15) is 6.33 Å². The molecule has 0 amide bonds. The van der Waals surface area contributed by atoms with Crippen LogP contribution in [0.1, 0.15) is 23.7 Å². The third kappa shape index (κ3) is 4.53. The zero-order valence-corrected chi connectivity index (χ0v) is 12.6. The van der Waals surface area contributed by atoms with Gasteiger partial charge in [-0.1, -0.05) is 36.0 Å². The van der Waals surface area contributed by atoms with Crippen LogP contribution in [0.15, 0.2) is 35.7 Å².